The van der Waals surface area contributed by atoms with E-state index >= 15 is 0 Å². The molecular weight excluding hydrogens is 397 g/mol. The number of likely N-dealkylation sites (tertiary alicyclic amines) is 1. The maximum absolute atomic E-state index is 12.6. The third-order valence-corrected chi connectivity index (χ3v) is 5.25. The van der Waals surface area contributed by atoms with Crippen molar-refractivity contribution in [3.8, 4) is 5.75 Å². The second-order valence-corrected chi connectivity index (χ2v) is 7.21. The smallest absolute Gasteiger partial charge is 0.416 e. The number of halogens is 3. The average molecular weight is 420 g/mol. The van der Waals surface area contributed by atoms with E-state index in [1.54, 1.807) is 36.3 Å². The van der Waals surface area contributed by atoms with Crippen molar-refractivity contribution >= 4 is 11.8 Å². The van der Waals surface area contributed by atoms with E-state index in [9.17, 15) is 22.8 Å². The Kier molecular flexibility index (Phi) is 6.64. The van der Waals surface area contributed by atoms with Gasteiger partial charge in [-0.25, -0.2) is 4.79 Å². The van der Waals surface area contributed by atoms with Crippen molar-refractivity contribution in [1.29, 1.82) is 0 Å². The highest BCUT2D eigenvalue weighted by atomic mass is 19.4. The van der Waals surface area contributed by atoms with Crippen LogP contribution in [0.1, 0.15) is 34.3 Å². The summed E-state index contributed by atoms with van der Waals surface area (Å²) in [4.78, 5) is 26.6. The molecule has 3 rings (SSSR count). The summed E-state index contributed by atoms with van der Waals surface area (Å²) in [7, 11) is 1.56. The fourth-order valence-corrected chi connectivity index (χ4v) is 3.44. The minimum absolute atomic E-state index is 0.0578. The number of benzene rings is 2. The molecule has 0 saturated carbocycles. The van der Waals surface area contributed by atoms with E-state index in [4.69, 9.17) is 4.74 Å². The molecule has 1 aliphatic heterocycles. The number of hydrogen-bond acceptors (Lipinski definition) is 3. The first-order valence-corrected chi connectivity index (χ1v) is 9.65. The van der Waals surface area contributed by atoms with Crippen molar-refractivity contribution in [2.45, 2.75) is 25.6 Å². The molecule has 1 heterocycles. The summed E-state index contributed by atoms with van der Waals surface area (Å²) < 4.78 is 42.9. The third-order valence-electron chi connectivity index (χ3n) is 5.25. The van der Waals surface area contributed by atoms with Gasteiger partial charge in [-0.3, -0.25) is 4.79 Å². The molecule has 0 bridgehead atoms. The zero-order valence-electron chi connectivity index (χ0n) is 16.5. The third kappa shape index (κ3) is 5.31. The molecule has 2 amide bonds. The highest BCUT2D eigenvalue weighted by molar-refractivity contribution is 5.98. The van der Waals surface area contributed by atoms with Gasteiger partial charge in [0.25, 0.3) is 0 Å². The molecule has 0 spiro atoms. The number of rotatable bonds is 5. The van der Waals surface area contributed by atoms with Crippen LogP contribution in [-0.2, 0) is 12.7 Å². The summed E-state index contributed by atoms with van der Waals surface area (Å²) in [5.74, 6) is 0.603. The van der Waals surface area contributed by atoms with Crippen LogP contribution >= 0.6 is 0 Å². The lowest BCUT2D eigenvalue weighted by Gasteiger charge is -2.31. The molecule has 0 unspecified atom stereocenters. The standard InChI is InChI=1S/C22H23F3N2O3/c1-30-19-8-4-16(5-9-19)20(28)17-10-12-27(13-11-17)21(29)26-14-15-2-6-18(7-3-15)22(23,24)25/h2-9,17H,10-14H2,1H3,(H,26,29). The Morgan fingerprint density at radius 3 is 2.17 bits per heavy atom. The van der Waals surface area contributed by atoms with Gasteiger partial charge >= 0.3 is 12.2 Å². The monoisotopic (exact) mass is 420 g/mol. The quantitative estimate of drug-likeness (QED) is 0.724. The van der Waals surface area contributed by atoms with Gasteiger partial charge in [0.2, 0.25) is 0 Å². The van der Waals surface area contributed by atoms with Gasteiger partial charge in [-0.05, 0) is 54.8 Å². The van der Waals surface area contributed by atoms with Crippen molar-refractivity contribution in [3.05, 3.63) is 65.2 Å². The first-order valence-electron chi connectivity index (χ1n) is 9.65. The number of piperidine rings is 1. The summed E-state index contributed by atoms with van der Waals surface area (Å²) >= 11 is 0. The molecule has 0 aromatic heterocycles. The largest absolute Gasteiger partial charge is 0.497 e. The Hall–Kier alpha value is -3.03. The number of nitrogens with one attached hydrogen (secondary N) is 1. The predicted molar refractivity (Wildman–Crippen MR) is 105 cm³/mol. The molecule has 2 aromatic rings. The van der Waals surface area contributed by atoms with E-state index in [0.29, 0.717) is 42.8 Å². The highest BCUT2D eigenvalue weighted by Gasteiger charge is 2.30. The Balaban J connectivity index is 1.47. The van der Waals surface area contributed by atoms with Crippen LogP contribution in [0.5, 0.6) is 5.75 Å². The van der Waals surface area contributed by atoms with E-state index < -0.39 is 11.7 Å². The Labute approximate surface area is 172 Å². The van der Waals surface area contributed by atoms with Gasteiger partial charge in [0.05, 0.1) is 12.7 Å². The van der Waals surface area contributed by atoms with Gasteiger partial charge in [-0.15, -0.1) is 0 Å². The van der Waals surface area contributed by atoms with E-state index in [-0.39, 0.29) is 24.3 Å². The second-order valence-electron chi connectivity index (χ2n) is 7.21. The number of ketones is 1. The fourth-order valence-electron chi connectivity index (χ4n) is 3.44. The highest BCUT2D eigenvalue weighted by Crippen LogP contribution is 2.29. The van der Waals surface area contributed by atoms with Crippen LogP contribution < -0.4 is 10.1 Å². The lowest BCUT2D eigenvalue weighted by Crippen LogP contribution is -2.45. The molecule has 1 saturated heterocycles. The number of Topliss-reactive ketones (excluding diaryl/α,β-unsaturated/α-hetero) is 1. The number of amides is 2. The topological polar surface area (TPSA) is 58.6 Å². The fraction of sp³-hybridized carbons (Fsp3) is 0.364. The van der Waals surface area contributed by atoms with Crippen molar-refractivity contribution < 1.29 is 27.5 Å². The number of carbonyl (C=O) groups excluding carboxylic acids is 2. The van der Waals surface area contributed by atoms with Crippen LogP contribution in [0.15, 0.2) is 48.5 Å². The van der Waals surface area contributed by atoms with E-state index in [1.165, 1.54) is 12.1 Å². The Bertz CT molecular complexity index is 872. The van der Waals surface area contributed by atoms with E-state index in [1.807, 2.05) is 0 Å². The zero-order valence-corrected chi connectivity index (χ0v) is 16.5. The molecule has 1 aliphatic rings. The van der Waals surface area contributed by atoms with Crippen LogP contribution in [0.3, 0.4) is 0 Å². The number of urea groups is 1. The number of ether oxygens (including phenoxy) is 1. The molecule has 0 aliphatic carbocycles. The van der Waals surface area contributed by atoms with E-state index in [0.717, 1.165) is 12.1 Å². The summed E-state index contributed by atoms with van der Waals surface area (Å²) in [5.41, 5.74) is 0.489. The van der Waals surface area contributed by atoms with Gasteiger partial charge < -0.3 is 15.0 Å². The van der Waals surface area contributed by atoms with Crippen LogP contribution in [-0.4, -0.2) is 36.9 Å². The average Bonchev–Trinajstić information content (AvgIpc) is 2.77. The van der Waals surface area contributed by atoms with Crippen LogP contribution in [0, 0.1) is 5.92 Å². The predicted octanol–water partition coefficient (Wildman–Crippen LogP) is 4.52. The number of nitrogens with zero attached hydrogens (tertiary/aromatic N) is 1. The van der Waals surface area contributed by atoms with Gasteiger partial charge in [-0.1, -0.05) is 12.1 Å². The lowest BCUT2D eigenvalue weighted by molar-refractivity contribution is -0.137. The van der Waals surface area contributed by atoms with Gasteiger partial charge in [0.15, 0.2) is 5.78 Å². The van der Waals surface area contributed by atoms with Crippen molar-refractivity contribution in [1.82, 2.24) is 10.2 Å². The molecule has 0 radical (unpaired) electrons. The second kappa shape index (κ2) is 9.19. The normalized spacial score (nSPS) is 15.0. The maximum atomic E-state index is 12.6. The Morgan fingerprint density at radius 2 is 1.63 bits per heavy atom. The summed E-state index contributed by atoms with van der Waals surface area (Å²) in [5, 5.41) is 2.72. The minimum atomic E-state index is -4.38. The number of hydrogen-bond donors (Lipinski definition) is 1. The molecule has 1 fully saturated rings. The number of methoxy groups -OCH3 is 1. The summed E-state index contributed by atoms with van der Waals surface area (Å²) in [6.07, 6.45) is -3.24. The minimum Gasteiger partial charge on any atom is -0.497 e. The van der Waals surface area contributed by atoms with Crippen molar-refractivity contribution in [3.63, 3.8) is 0 Å². The molecule has 1 N–H and O–H groups in total. The first kappa shape index (κ1) is 21.7. The molecule has 8 heteroatoms. The van der Waals surface area contributed by atoms with Crippen molar-refractivity contribution in [2.75, 3.05) is 20.2 Å². The summed E-state index contributed by atoms with van der Waals surface area (Å²) in [6, 6.07) is 11.4. The van der Waals surface area contributed by atoms with Crippen LogP contribution in [0.4, 0.5) is 18.0 Å². The zero-order chi connectivity index (χ0) is 21.7. The molecule has 5 nitrogen and oxygen atoms in total. The first-order chi connectivity index (χ1) is 14.3. The van der Waals surface area contributed by atoms with Crippen LogP contribution in [0.25, 0.3) is 0 Å². The lowest BCUT2D eigenvalue weighted by atomic mass is 9.89. The van der Waals surface area contributed by atoms with Crippen LogP contribution in [0.2, 0.25) is 0 Å². The molecule has 30 heavy (non-hydrogen) atoms. The van der Waals surface area contributed by atoms with Gasteiger partial charge in [0.1, 0.15) is 5.75 Å². The van der Waals surface area contributed by atoms with E-state index in [2.05, 4.69) is 5.32 Å². The maximum Gasteiger partial charge on any atom is 0.416 e. The molecule has 0 atom stereocenters. The number of carbonyl (C=O) groups is 2. The Morgan fingerprint density at radius 1 is 1.03 bits per heavy atom. The SMILES string of the molecule is COc1ccc(C(=O)C2CCN(C(=O)NCc3ccc(C(F)(F)F)cc3)CC2)cc1. The number of alkyl halides is 3. The van der Waals surface area contributed by atoms with Gasteiger partial charge in [0, 0.05) is 31.1 Å². The molecule has 2 aromatic carbocycles. The van der Waals surface area contributed by atoms with Crippen molar-refractivity contribution in [2.24, 2.45) is 5.92 Å². The summed E-state index contributed by atoms with van der Waals surface area (Å²) in [6.45, 7) is 1.04. The molecular formula is C22H23F3N2O3. The van der Waals surface area contributed by atoms with Gasteiger partial charge in [-0.2, -0.15) is 13.2 Å². The molecule has 160 valence electrons.